The lowest BCUT2D eigenvalue weighted by atomic mass is 9.90. The van der Waals surface area contributed by atoms with Crippen molar-refractivity contribution >= 4 is 11.5 Å². The third-order valence-corrected chi connectivity index (χ3v) is 3.21. The van der Waals surface area contributed by atoms with Crippen LogP contribution in [0.4, 0.5) is 5.69 Å². The molecule has 0 spiro atoms. The van der Waals surface area contributed by atoms with E-state index in [4.69, 9.17) is 0 Å². The summed E-state index contributed by atoms with van der Waals surface area (Å²) in [4.78, 5) is 22.7. The number of hydrogen-bond acceptors (Lipinski definition) is 4. The summed E-state index contributed by atoms with van der Waals surface area (Å²) < 4.78 is 0. The number of ketones is 1. The zero-order chi connectivity index (χ0) is 15.4. The van der Waals surface area contributed by atoms with Crippen molar-refractivity contribution in [1.82, 2.24) is 0 Å². The van der Waals surface area contributed by atoms with Crippen LogP contribution in [0.25, 0.3) is 0 Å². The molecule has 104 valence electrons. The van der Waals surface area contributed by atoms with Crippen molar-refractivity contribution in [2.75, 3.05) is 0 Å². The Balaban J connectivity index is 2.40. The van der Waals surface area contributed by atoms with Gasteiger partial charge in [0, 0.05) is 17.7 Å². The van der Waals surface area contributed by atoms with E-state index in [9.17, 15) is 20.2 Å². The number of carbonyl (C=O) groups excluding carboxylic acids is 1. The Bertz CT molecular complexity index is 733. The maximum absolute atomic E-state index is 12.5. The fraction of sp³-hybridized carbons (Fsp3) is 0.125. The van der Waals surface area contributed by atoms with Crippen molar-refractivity contribution < 1.29 is 9.72 Å². The second kappa shape index (κ2) is 5.97. The highest BCUT2D eigenvalue weighted by molar-refractivity contribution is 6.04. The van der Waals surface area contributed by atoms with E-state index in [0.717, 1.165) is 0 Å². The molecular formula is C16H12N2O3. The summed E-state index contributed by atoms with van der Waals surface area (Å²) in [6.45, 7) is 1.62. The number of carbonyl (C=O) groups is 1. The predicted molar refractivity (Wildman–Crippen MR) is 77.0 cm³/mol. The van der Waals surface area contributed by atoms with E-state index in [1.807, 2.05) is 6.07 Å². The molecule has 0 radical (unpaired) electrons. The summed E-state index contributed by atoms with van der Waals surface area (Å²) in [5, 5.41) is 20.0. The van der Waals surface area contributed by atoms with E-state index in [1.54, 1.807) is 37.3 Å². The lowest BCUT2D eigenvalue weighted by molar-refractivity contribution is -0.384. The molecule has 0 heterocycles. The number of hydrogen-bond donors (Lipinski definition) is 0. The first-order chi connectivity index (χ1) is 10.0. The number of nitro benzene ring substituents is 1. The summed E-state index contributed by atoms with van der Waals surface area (Å²) in [6.07, 6.45) is 0. The second-order valence-electron chi connectivity index (χ2n) is 4.59. The number of non-ortho nitro benzene ring substituents is 1. The Morgan fingerprint density at radius 1 is 1.24 bits per heavy atom. The lowest BCUT2D eigenvalue weighted by Crippen LogP contribution is -2.12. The predicted octanol–water partition coefficient (Wildman–Crippen LogP) is 3.39. The van der Waals surface area contributed by atoms with Crippen molar-refractivity contribution in [2.24, 2.45) is 0 Å². The first kappa shape index (κ1) is 14.4. The molecule has 2 aromatic rings. The van der Waals surface area contributed by atoms with Gasteiger partial charge in [-0.3, -0.25) is 14.9 Å². The van der Waals surface area contributed by atoms with Crippen LogP contribution >= 0.6 is 0 Å². The highest BCUT2D eigenvalue weighted by Crippen LogP contribution is 2.24. The van der Waals surface area contributed by atoms with Crippen LogP contribution in [0.15, 0.2) is 48.5 Å². The number of nitro groups is 1. The molecule has 0 aromatic heterocycles. The van der Waals surface area contributed by atoms with Gasteiger partial charge >= 0.3 is 0 Å². The number of benzene rings is 2. The minimum Gasteiger partial charge on any atom is -0.292 e. The topological polar surface area (TPSA) is 84.0 Å². The molecule has 0 saturated heterocycles. The number of aryl methyl sites for hydroxylation is 1. The Morgan fingerprint density at radius 3 is 2.43 bits per heavy atom. The minimum atomic E-state index is -0.911. The molecular weight excluding hydrogens is 268 g/mol. The molecule has 0 aliphatic rings. The van der Waals surface area contributed by atoms with Gasteiger partial charge in [0.2, 0.25) is 0 Å². The van der Waals surface area contributed by atoms with E-state index < -0.39 is 10.8 Å². The monoisotopic (exact) mass is 280 g/mol. The molecule has 0 fully saturated rings. The second-order valence-corrected chi connectivity index (χ2v) is 4.59. The average molecular weight is 280 g/mol. The van der Waals surface area contributed by atoms with Crippen LogP contribution < -0.4 is 0 Å². The van der Waals surface area contributed by atoms with Crippen molar-refractivity contribution in [1.29, 1.82) is 5.26 Å². The van der Waals surface area contributed by atoms with Crippen LogP contribution in [0.3, 0.4) is 0 Å². The van der Waals surface area contributed by atoms with Crippen LogP contribution in [0.1, 0.15) is 27.4 Å². The Hall–Kier alpha value is -3.00. The normalized spacial score (nSPS) is 11.4. The molecule has 21 heavy (non-hydrogen) atoms. The summed E-state index contributed by atoms with van der Waals surface area (Å²) in [6, 6.07) is 14.8. The van der Waals surface area contributed by atoms with E-state index >= 15 is 0 Å². The van der Waals surface area contributed by atoms with E-state index in [0.29, 0.717) is 16.7 Å². The Labute approximate surface area is 121 Å². The molecule has 0 aliphatic heterocycles. The molecule has 1 atom stereocenters. The van der Waals surface area contributed by atoms with E-state index in [-0.39, 0.29) is 11.5 Å². The standard InChI is InChI=1S/C16H12N2O3/c1-11-9-13(18(20)21)7-8-14(11)16(19)15(10-17)12-5-3-2-4-6-12/h2-9,15H,1H3. The minimum absolute atomic E-state index is 0.0720. The van der Waals surface area contributed by atoms with Gasteiger partial charge in [-0.1, -0.05) is 30.3 Å². The molecule has 1 unspecified atom stereocenters. The molecule has 5 nitrogen and oxygen atoms in total. The third kappa shape index (κ3) is 2.95. The van der Waals surface area contributed by atoms with Gasteiger partial charge in [0.05, 0.1) is 11.0 Å². The smallest absolute Gasteiger partial charge is 0.269 e. The van der Waals surface area contributed by atoms with Gasteiger partial charge in [-0.05, 0) is 24.1 Å². The van der Waals surface area contributed by atoms with Gasteiger partial charge < -0.3 is 0 Å². The molecule has 0 N–H and O–H groups in total. The van der Waals surface area contributed by atoms with Crippen LogP contribution in [0, 0.1) is 28.4 Å². The molecule has 2 rings (SSSR count). The van der Waals surface area contributed by atoms with Crippen molar-refractivity contribution in [2.45, 2.75) is 12.8 Å². The summed E-state index contributed by atoms with van der Waals surface area (Å²) >= 11 is 0. The van der Waals surface area contributed by atoms with Crippen LogP contribution in [-0.4, -0.2) is 10.7 Å². The fourth-order valence-electron chi connectivity index (χ4n) is 2.12. The molecule has 2 aromatic carbocycles. The summed E-state index contributed by atoms with van der Waals surface area (Å²) in [5.41, 5.74) is 1.36. The van der Waals surface area contributed by atoms with E-state index in [2.05, 4.69) is 0 Å². The van der Waals surface area contributed by atoms with Crippen LogP contribution in [0.5, 0.6) is 0 Å². The van der Waals surface area contributed by atoms with Crippen LogP contribution in [0.2, 0.25) is 0 Å². The van der Waals surface area contributed by atoms with Crippen molar-refractivity contribution in [3.05, 3.63) is 75.3 Å². The lowest BCUT2D eigenvalue weighted by Gasteiger charge is -2.10. The maximum atomic E-state index is 12.5. The summed E-state index contributed by atoms with van der Waals surface area (Å²) in [7, 11) is 0. The Kier molecular flexibility index (Phi) is 4.10. The van der Waals surface area contributed by atoms with Gasteiger partial charge in [-0.2, -0.15) is 5.26 Å². The van der Waals surface area contributed by atoms with Gasteiger partial charge in [-0.15, -0.1) is 0 Å². The highest BCUT2D eigenvalue weighted by Gasteiger charge is 2.23. The number of nitriles is 1. The zero-order valence-electron chi connectivity index (χ0n) is 11.3. The van der Waals surface area contributed by atoms with Crippen LogP contribution in [-0.2, 0) is 0 Å². The fourth-order valence-corrected chi connectivity index (χ4v) is 2.12. The Morgan fingerprint density at radius 2 is 1.90 bits per heavy atom. The van der Waals surface area contributed by atoms with Gasteiger partial charge in [-0.25, -0.2) is 0 Å². The third-order valence-electron chi connectivity index (χ3n) is 3.21. The average Bonchev–Trinajstić information content (AvgIpc) is 2.48. The first-order valence-electron chi connectivity index (χ1n) is 6.28. The highest BCUT2D eigenvalue weighted by atomic mass is 16.6. The SMILES string of the molecule is Cc1cc([N+](=O)[O-])ccc1C(=O)C(C#N)c1ccccc1. The number of Topliss-reactive ketones (excluding diaryl/α,β-unsaturated/α-hetero) is 1. The van der Waals surface area contributed by atoms with Gasteiger partial charge in [0.25, 0.3) is 5.69 Å². The van der Waals surface area contributed by atoms with Gasteiger partial charge in [0.1, 0.15) is 5.92 Å². The zero-order valence-corrected chi connectivity index (χ0v) is 11.3. The first-order valence-corrected chi connectivity index (χ1v) is 6.28. The molecule has 0 bridgehead atoms. The number of nitrogens with zero attached hydrogens (tertiary/aromatic N) is 2. The maximum Gasteiger partial charge on any atom is 0.269 e. The summed E-state index contributed by atoms with van der Waals surface area (Å²) in [5.74, 6) is -1.26. The molecule has 0 saturated carbocycles. The number of rotatable bonds is 4. The van der Waals surface area contributed by atoms with E-state index in [1.165, 1.54) is 18.2 Å². The molecule has 0 aliphatic carbocycles. The van der Waals surface area contributed by atoms with Gasteiger partial charge in [0.15, 0.2) is 5.78 Å². The quantitative estimate of drug-likeness (QED) is 0.488. The largest absolute Gasteiger partial charge is 0.292 e. The molecule has 0 amide bonds. The molecule has 5 heteroatoms. The van der Waals surface area contributed by atoms with Crippen molar-refractivity contribution in [3.8, 4) is 6.07 Å². The van der Waals surface area contributed by atoms with Crippen molar-refractivity contribution in [3.63, 3.8) is 0 Å².